The van der Waals surface area contributed by atoms with Crippen LogP contribution in [0.3, 0.4) is 0 Å². The molecule has 0 heterocycles. The van der Waals surface area contributed by atoms with Crippen molar-refractivity contribution in [2.24, 2.45) is 5.92 Å². The molecule has 5 heteroatoms. The molecule has 0 radical (unpaired) electrons. The Labute approximate surface area is 117 Å². The first-order valence-corrected chi connectivity index (χ1v) is 6.84. The predicted octanol–water partition coefficient (Wildman–Crippen LogP) is 4.93. The van der Waals surface area contributed by atoms with Crippen LogP contribution in [0.25, 0.3) is 0 Å². The monoisotopic (exact) mass is 291 g/mol. The van der Waals surface area contributed by atoms with Gasteiger partial charge in [-0.1, -0.05) is 38.8 Å². The van der Waals surface area contributed by atoms with Crippen LogP contribution in [0.15, 0.2) is 18.2 Å². The van der Waals surface area contributed by atoms with Crippen LogP contribution in [-0.4, -0.2) is 7.05 Å². The number of hydrogen-bond acceptors (Lipinski definition) is 1. The number of halogens is 4. The van der Waals surface area contributed by atoms with Crippen molar-refractivity contribution >= 4 is 0 Å². The quantitative estimate of drug-likeness (QED) is 0.733. The summed E-state index contributed by atoms with van der Waals surface area (Å²) in [4.78, 5) is 0. The lowest BCUT2D eigenvalue weighted by Crippen LogP contribution is -2.22. The molecule has 2 atom stereocenters. The molecule has 1 aromatic rings. The number of nitrogens with one attached hydrogen (secondary N) is 1. The molecular weight excluding hydrogens is 270 g/mol. The van der Waals surface area contributed by atoms with E-state index in [2.05, 4.69) is 12.2 Å². The molecule has 20 heavy (non-hydrogen) atoms. The van der Waals surface area contributed by atoms with Crippen molar-refractivity contribution in [1.29, 1.82) is 0 Å². The summed E-state index contributed by atoms with van der Waals surface area (Å²) in [5.74, 6) is -0.838. The fourth-order valence-corrected chi connectivity index (χ4v) is 2.45. The molecular formula is C15H21F4N. The smallest absolute Gasteiger partial charge is 0.313 e. The van der Waals surface area contributed by atoms with Crippen molar-refractivity contribution in [2.75, 3.05) is 7.05 Å². The SMILES string of the molecule is CCCC(C)CC(NC)c1cccc(C(F)(F)F)c1F. The van der Waals surface area contributed by atoms with E-state index in [0.717, 1.165) is 18.9 Å². The minimum Gasteiger partial charge on any atom is -0.313 e. The topological polar surface area (TPSA) is 12.0 Å². The van der Waals surface area contributed by atoms with Crippen LogP contribution >= 0.6 is 0 Å². The summed E-state index contributed by atoms with van der Waals surface area (Å²) in [5.41, 5.74) is -1.11. The Morgan fingerprint density at radius 1 is 1.25 bits per heavy atom. The van der Waals surface area contributed by atoms with E-state index in [1.807, 2.05) is 6.92 Å². The third-order valence-electron chi connectivity index (χ3n) is 3.48. The minimum absolute atomic E-state index is 0.0882. The molecule has 0 aliphatic heterocycles. The van der Waals surface area contributed by atoms with Gasteiger partial charge in [-0.15, -0.1) is 0 Å². The number of benzene rings is 1. The van der Waals surface area contributed by atoms with Crippen molar-refractivity contribution in [1.82, 2.24) is 5.32 Å². The van der Waals surface area contributed by atoms with Gasteiger partial charge in [-0.25, -0.2) is 4.39 Å². The van der Waals surface area contributed by atoms with E-state index in [1.165, 1.54) is 12.1 Å². The first-order valence-electron chi connectivity index (χ1n) is 6.84. The summed E-state index contributed by atoms with van der Waals surface area (Å²) < 4.78 is 52.2. The highest BCUT2D eigenvalue weighted by molar-refractivity contribution is 5.30. The number of alkyl halides is 3. The highest BCUT2D eigenvalue weighted by Gasteiger charge is 2.35. The van der Waals surface area contributed by atoms with Crippen LogP contribution in [-0.2, 0) is 6.18 Å². The van der Waals surface area contributed by atoms with Crippen LogP contribution in [0.2, 0.25) is 0 Å². The number of hydrogen-bond donors (Lipinski definition) is 1. The van der Waals surface area contributed by atoms with Gasteiger partial charge in [-0.05, 0) is 25.5 Å². The molecule has 0 aliphatic rings. The van der Waals surface area contributed by atoms with E-state index in [4.69, 9.17) is 0 Å². The van der Waals surface area contributed by atoms with Crippen molar-refractivity contribution in [3.8, 4) is 0 Å². The average molecular weight is 291 g/mol. The Hall–Kier alpha value is -1.10. The molecule has 1 N–H and O–H groups in total. The normalized spacial score (nSPS) is 15.2. The van der Waals surface area contributed by atoms with E-state index in [-0.39, 0.29) is 5.56 Å². The molecule has 0 spiro atoms. The maximum absolute atomic E-state index is 14.1. The average Bonchev–Trinajstić information content (AvgIpc) is 2.35. The lowest BCUT2D eigenvalue weighted by Gasteiger charge is -2.22. The van der Waals surface area contributed by atoms with Crippen molar-refractivity contribution < 1.29 is 17.6 Å². The molecule has 114 valence electrons. The van der Waals surface area contributed by atoms with Gasteiger partial charge in [0.2, 0.25) is 0 Å². The fraction of sp³-hybridized carbons (Fsp3) is 0.600. The highest BCUT2D eigenvalue weighted by Crippen LogP contribution is 2.35. The Morgan fingerprint density at radius 3 is 2.40 bits per heavy atom. The molecule has 0 aromatic heterocycles. The Bertz CT molecular complexity index is 428. The molecule has 0 aliphatic carbocycles. The van der Waals surface area contributed by atoms with Crippen molar-refractivity contribution in [2.45, 2.75) is 45.3 Å². The van der Waals surface area contributed by atoms with Crippen molar-refractivity contribution in [3.05, 3.63) is 35.1 Å². The van der Waals surface area contributed by atoms with E-state index in [0.29, 0.717) is 12.3 Å². The zero-order valence-electron chi connectivity index (χ0n) is 12.0. The second-order valence-corrected chi connectivity index (χ2v) is 5.18. The largest absolute Gasteiger partial charge is 0.419 e. The maximum atomic E-state index is 14.1. The molecule has 0 amide bonds. The highest BCUT2D eigenvalue weighted by atomic mass is 19.4. The van der Waals surface area contributed by atoms with Crippen molar-refractivity contribution in [3.63, 3.8) is 0 Å². The van der Waals surface area contributed by atoms with Crippen LogP contribution in [0.5, 0.6) is 0 Å². The van der Waals surface area contributed by atoms with E-state index >= 15 is 0 Å². The van der Waals surface area contributed by atoms with Crippen LogP contribution in [0, 0.1) is 11.7 Å². The van der Waals surface area contributed by atoms with Gasteiger partial charge in [0.15, 0.2) is 0 Å². The molecule has 0 saturated carbocycles. The molecule has 1 nitrogen and oxygen atoms in total. The zero-order valence-corrected chi connectivity index (χ0v) is 12.0. The summed E-state index contributed by atoms with van der Waals surface area (Å²) in [6, 6.07) is 3.06. The zero-order chi connectivity index (χ0) is 15.3. The Morgan fingerprint density at radius 2 is 1.90 bits per heavy atom. The van der Waals surface area contributed by atoms with Crippen LogP contribution in [0.1, 0.15) is 50.3 Å². The molecule has 0 saturated heterocycles. The Kier molecular flexibility index (Phi) is 5.99. The second-order valence-electron chi connectivity index (χ2n) is 5.18. The van der Waals surface area contributed by atoms with E-state index in [9.17, 15) is 17.6 Å². The van der Waals surface area contributed by atoms with Gasteiger partial charge < -0.3 is 5.32 Å². The van der Waals surface area contributed by atoms with Gasteiger partial charge >= 0.3 is 6.18 Å². The van der Waals surface area contributed by atoms with Gasteiger partial charge in [-0.3, -0.25) is 0 Å². The van der Waals surface area contributed by atoms with Gasteiger partial charge in [0, 0.05) is 11.6 Å². The van der Waals surface area contributed by atoms with E-state index in [1.54, 1.807) is 7.05 Å². The van der Waals surface area contributed by atoms with Gasteiger partial charge in [0.05, 0.1) is 5.56 Å². The number of rotatable bonds is 6. The maximum Gasteiger partial charge on any atom is 0.419 e. The summed E-state index contributed by atoms with van der Waals surface area (Å²) >= 11 is 0. The molecule has 0 bridgehead atoms. The summed E-state index contributed by atoms with van der Waals surface area (Å²) in [7, 11) is 1.64. The lowest BCUT2D eigenvalue weighted by atomic mass is 9.92. The summed E-state index contributed by atoms with van der Waals surface area (Å²) in [6.07, 6.45) is -2.07. The predicted molar refractivity (Wildman–Crippen MR) is 71.9 cm³/mol. The third-order valence-corrected chi connectivity index (χ3v) is 3.48. The molecule has 2 unspecified atom stereocenters. The fourth-order valence-electron chi connectivity index (χ4n) is 2.45. The first kappa shape index (κ1) is 17.0. The summed E-state index contributed by atoms with van der Waals surface area (Å²) in [6.45, 7) is 4.08. The van der Waals surface area contributed by atoms with Crippen LogP contribution in [0.4, 0.5) is 17.6 Å². The first-order chi connectivity index (χ1) is 9.31. The summed E-state index contributed by atoms with van der Waals surface area (Å²) in [5, 5.41) is 2.92. The molecule has 1 rings (SSSR count). The van der Waals surface area contributed by atoms with Gasteiger partial charge in [0.25, 0.3) is 0 Å². The lowest BCUT2D eigenvalue weighted by molar-refractivity contribution is -0.140. The molecule has 0 fully saturated rings. The third kappa shape index (κ3) is 4.20. The minimum atomic E-state index is -4.66. The van der Waals surface area contributed by atoms with E-state index < -0.39 is 23.6 Å². The standard InChI is InChI=1S/C15H21F4N/c1-4-6-10(2)9-13(20-3)11-7-5-8-12(14(11)16)15(17,18)19/h5,7-8,10,13,20H,4,6,9H2,1-3H3. The molecule has 1 aromatic carbocycles. The second kappa shape index (κ2) is 7.07. The van der Waals surface area contributed by atoms with Gasteiger partial charge in [-0.2, -0.15) is 13.2 Å². The van der Waals surface area contributed by atoms with Crippen LogP contribution < -0.4 is 5.32 Å². The Balaban J connectivity index is 3.04. The van der Waals surface area contributed by atoms with Gasteiger partial charge in [0.1, 0.15) is 5.82 Å².